The molecule has 1 rings (SSSR count). The number of unbranched alkanes of at least 4 members (excludes halogenated alkanes) is 11. The number of rotatable bonds is 18. The summed E-state index contributed by atoms with van der Waals surface area (Å²) >= 11 is 0. The summed E-state index contributed by atoms with van der Waals surface area (Å²) in [6, 6.07) is 5.43. The van der Waals surface area contributed by atoms with Crippen LogP contribution in [0.2, 0.25) is 0 Å². The maximum absolute atomic E-state index is 13.0. The summed E-state index contributed by atoms with van der Waals surface area (Å²) in [4.78, 5) is 23.4. The lowest BCUT2D eigenvalue weighted by Crippen LogP contribution is -2.10. The van der Waals surface area contributed by atoms with Crippen molar-refractivity contribution in [3.05, 3.63) is 30.1 Å². The first-order valence-electron chi connectivity index (χ1n) is 11.7. The van der Waals surface area contributed by atoms with Gasteiger partial charge in [-0.15, -0.1) is 0 Å². The van der Waals surface area contributed by atoms with E-state index in [2.05, 4.69) is 6.92 Å². The molecule has 0 heterocycles. The lowest BCUT2D eigenvalue weighted by Gasteiger charge is -2.06. The molecule has 0 N–H and O–H groups in total. The fourth-order valence-electron chi connectivity index (χ4n) is 3.29. The highest BCUT2D eigenvalue weighted by Crippen LogP contribution is 2.14. The summed E-state index contributed by atoms with van der Waals surface area (Å²) in [6.07, 6.45) is 15.9. The largest absolute Gasteiger partial charge is 0.466 e. The summed E-state index contributed by atoms with van der Waals surface area (Å²) in [6.45, 7) is 2.70. The van der Waals surface area contributed by atoms with Gasteiger partial charge in [0.15, 0.2) is 0 Å². The van der Waals surface area contributed by atoms with Gasteiger partial charge in [0.2, 0.25) is 0 Å². The molecule has 0 unspecified atom stereocenters. The van der Waals surface area contributed by atoms with Gasteiger partial charge in [0.05, 0.1) is 6.61 Å². The van der Waals surface area contributed by atoms with Gasteiger partial charge in [-0.25, -0.2) is 4.39 Å². The lowest BCUT2D eigenvalue weighted by atomic mass is 10.1. The van der Waals surface area contributed by atoms with Gasteiger partial charge >= 0.3 is 11.9 Å². The molecule has 0 saturated carbocycles. The summed E-state index contributed by atoms with van der Waals surface area (Å²) < 4.78 is 23.3. The van der Waals surface area contributed by atoms with Crippen LogP contribution in [0.4, 0.5) is 4.39 Å². The Morgan fingerprint density at radius 3 is 1.93 bits per heavy atom. The van der Waals surface area contributed by atoms with Crippen molar-refractivity contribution in [1.82, 2.24) is 0 Å². The summed E-state index contributed by atoms with van der Waals surface area (Å²) in [5.74, 6) is -1.04. The first kappa shape index (κ1) is 26.1. The average Bonchev–Trinajstić information content (AvgIpc) is 2.71. The highest BCUT2D eigenvalue weighted by Gasteiger charge is 2.09. The molecule has 0 atom stereocenters. The number of hydrogen-bond donors (Lipinski definition) is 0. The van der Waals surface area contributed by atoms with Gasteiger partial charge in [-0.05, 0) is 25.0 Å². The third-order valence-corrected chi connectivity index (χ3v) is 5.05. The molecule has 0 spiro atoms. The summed E-state index contributed by atoms with van der Waals surface area (Å²) in [7, 11) is 0. The van der Waals surface area contributed by atoms with Crippen molar-refractivity contribution in [3.8, 4) is 5.75 Å². The summed E-state index contributed by atoms with van der Waals surface area (Å²) in [5.41, 5.74) is 0. The Bertz CT molecular complexity index is 588. The minimum atomic E-state index is -0.477. The van der Waals surface area contributed by atoms with Gasteiger partial charge in [-0.1, -0.05) is 83.6 Å². The number of esters is 2. The molecule has 1 aromatic carbocycles. The van der Waals surface area contributed by atoms with E-state index in [4.69, 9.17) is 9.47 Å². The zero-order chi connectivity index (χ0) is 21.9. The fourth-order valence-corrected chi connectivity index (χ4v) is 3.29. The van der Waals surface area contributed by atoms with Crippen LogP contribution >= 0.6 is 0 Å². The molecule has 0 bridgehead atoms. The molecule has 0 aliphatic heterocycles. The molecule has 0 aromatic heterocycles. The van der Waals surface area contributed by atoms with Crippen molar-refractivity contribution in [1.29, 1.82) is 0 Å². The molecule has 0 aliphatic carbocycles. The van der Waals surface area contributed by atoms with Crippen LogP contribution in [0.25, 0.3) is 0 Å². The third-order valence-electron chi connectivity index (χ3n) is 5.05. The third kappa shape index (κ3) is 15.0. The average molecular weight is 423 g/mol. The Hall–Kier alpha value is -1.91. The van der Waals surface area contributed by atoms with Crippen molar-refractivity contribution >= 4 is 11.9 Å². The van der Waals surface area contributed by atoms with Crippen molar-refractivity contribution in [2.75, 3.05) is 6.61 Å². The number of ether oxygens (including phenoxy) is 2. The molecule has 0 radical (unpaired) electrons. The van der Waals surface area contributed by atoms with Gasteiger partial charge in [0, 0.05) is 18.9 Å². The van der Waals surface area contributed by atoms with Crippen LogP contribution in [0.3, 0.4) is 0 Å². The topological polar surface area (TPSA) is 52.6 Å². The highest BCUT2D eigenvalue weighted by molar-refractivity contribution is 5.74. The maximum Gasteiger partial charge on any atom is 0.311 e. The molecule has 170 valence electrons. The zero-order valence-corrected chi connectivity index (χ0v) is 18.6. The Balaban J connectivity index is 1.87. The Labute approximate surface area is 181 Å². The minimum absolute atomic E-state index is 0.101. The molecule has 30 heavy (non-hydrogen) atoms. The van der Waals surface area contributed by atoms with Crippen molar-refractivity contribution < 1.29 is 23.5 Å². The number of carbonyl (C=O) groups excluding carboxylic acids is 2. The Morgan fingerprint density at radius 2 is 1.33 bits per heavy atom. The fraction of sp³-hybridized carbons (Fsp3) is 0.680. The van der Waals surface area contributed by atoms with Crippen molar-refractivity contribution in [2.24, 2.45) is 0 Å². The quantitative estimate of drug-likeness (QED) is 0.143. The van der Waals surface area contributed by atoms with Gasteiger partial charge in [0.25, 0.3) is 0 Å². The van der Waals surface area contributed by atoms with Crippen LogP contribution < -0.4 is 4.74 Å². The molecule has 4 nitrogen and oxygen atoms in total. The van der Waals surface area contributed by atoms with Gasteiger partial charge in [-0.2, -0.15) is 0 Å². The molecule has 1 aromatic rings. The Kier molecular flexibility index (Phi) is 15.6. The van der Waals surface area contributed by atoms with Crippen LogP contribution in [0.5, 0.6) is 5.75 Å². The van der Waals surface area contributed by atoms with E-state index in [1.54, 1.807) is 0 Å². The number of halogens is 1. The number of benzene rings is 1. The molecule has 0 amide bonds. The van der Waals surface area contributed by atoms with Gasteiger partial charge in [-0.3, -0.25) is 9.59 Å². The van der Waals surface area contributed by atoms with Crippen LogP contribution in [0.15, 0.2) is 24.3 Å². The standard InChI is InChI=1S/C25H39FO4/c1-2-3-4-5-6-7-8-9-10-11-12-13-20-29-24(27)18-15-19-25(28)30-23-17-14-16-22(26)21-23/h14,16-17,21H,2-13,15,18-20H2,1H3. The molecule has 0 aliphatic rings. The second-order valence-corrected chi connectivity index (χ2v) is 7.89. The SMILES string of the molecule is CCCCCCCCCCCCCCOC(=O)CCCC(=O)Oc1cccc(F)c1. The lowest BCUT2D eigenvalue weighted by molar-refractivity contribution is -0.144. The first-order valence-corrected chi connectivity index (χ1v) is 11.7. The van der Waals surface area contributed by atoms with E-state index in [0.29, 0.717) is 13.0 Å². The first-order chi connectivity index (χ1) is 14.6. The van der Waals surface area contributed by atoms with Crippen LogP contribution in [-0.4, -0.2) is 18.5 Å². The zero-order valence-electron chi connectivity index (χ0n) is 18.6. The molecule has 0 saturated heterocycles. The van der Waals surface area contributed by atoms with E-state index in [0.717, 1.165) is 18.9 Å². The monoisotopic (exact) mass is 422 g/mol. The molecule has 5 heteroatoms. The predicted molar refractivity (Wildman–Crippen MR) is 118 cm³/mol. The summed E-state index contributed by atoms with van der Waals surface area (Å²) in [5, 5.41) is 0. The van der Waals surface area contributed by atoms with E-state index in [1.807, 2.05) is 0 Å². The normalized spacial score (nSPS) is 10.7. The van der Waals surface area contributed by atoms with E-state index in [-0.39, 0.29) is 24.6 Å². The molecular weight excluding hydrogens is 383 g/mol. The molecular formula is C25H39FO4. The highest BCUT2D eigenvalue weighted by atomic mass is 19.1. The number of carbonyl (C=O) groups is 2. The van der Waals surface area contributed by atoms with Crippen molar-refractivity contribution in [3.63, 3.8) is 0 Å². The second kappa shape index (κ2) is 17.9. The van der Waals surface area contributed by atoms with Crippen molar-refractivity contribution in [2.45, 2.75) is 103 Å². The van der Waals surface area contributed by atoms with Crippen LogP contribution in [-0.2, 0) is 14.3 Å². The predicted octanol–water partition coefficient (Wildman–Crippen LogP) is 7.15. The molecule has 0 fully saturated rings. The minimum Gasteiger partial charge on any atom is -0.466 e. The van der Waals surface area contributed by atoms with E-state index in [1.165, 1.54) is 82.4 Å². The van der Waals surface area contributed by atoms with E-state index in [9.17, 15) is 14.0 Å². The van der Waals surface area contributed by atoms with Crippen LogP contribution in [0, 0.1) is 5.82 Å². The second-order valence-electron chi connectivity index (χ2n) is 7.89. The van der Waals surface area contributed by atoms with Crippen LogP contribution in [0.1, 0.15) is 103 Å². The Morgan fingerprint density at radius 1 is 0.767 bits per heavy atom. The van der Waals surface area contributed by atoms with Gasteiger partial charge in [0.1, 0.15) is 11.6 Å². The smallest absolute Gasteiger partial charge is 0.311 e. The maximum atomic E-state index is 13.0. The van der Waals surface area contributed by atoms with Gasteiger partial charge < -0.3 is 9.47 Å². The van der Waals surface area contributed by atoms with E-state index >= 15 is 0 Å². The van der Waals surface area contributed by atoms with E-state index < -0.39 is 11.8 Å². The number of hydrogen-bond acceptors (Lipinski definition) is 4.